The Morgan fingerprint density at radius 3 is 2.46 bits per heavy atom. The van der Waals surface area contributed by atoms with E-state index in [0.29, 0.717) is 11.6 Å². The van der Waals surface area contributed by atoms with Crippen molar-refractivity contribution in [3.8, 4) is 11.4 Å². The second-order valence-corrected chi connectivity index (χ2v) is 9.33. The zero-order chi connectivity index (χ0) is 24.9. The Kier molecular flexibility index (Phi) is 7.33. The van der Waals surface area contributed by atoms with Gasteiger partial charge in [0.1, 0.15) is 0 Å². The van der Waals surface area contributed by atoms with Crippen LogP contribution >= 0.6 is 0 Å². The van der Waals surface area contributed by atoms with Gasteiger partial charge in [0.25, 0.3) is 0 Å². The van der Waals surface area contributed by atoms with E-state index in [-0.39, 0.29) is 29.4 Å². The summed E-state index contributed by atoms with van der Waals surface area (Å²) in [5.41, 5.74) is 2.59. The van der Waals surface area contributed by atoms with Gasteiger partial charge in [-0.15, -0.1) is 5.10 Å². The number of nitrogens with one attached hydrogen (secondary N) is 1. The number of hydrogen-bond donors (Lipinski definition) is 2. The molecular formula is C26H31N5O4. The zero-order valence-electron chi connectivity index (χ0n) is 20.2. The molecule has 1 aliphatic rings. The molecule has 2 heterocycles. The lowest BCUT2D eigenvalue weighted by Gasteiger charge is -2.32. The van der Waals surface area contributed by atoms with Crippen LogP contribution in [0.1, 0.15) is 57.7 Å². The van der Waals surface area contributed by atoms with Gasteiger partial charge in [-0.2, -0.15) is 5.10 Å². The number of carbonyl (C=O) groups is 2. The van der Waals surface area contributed by atoms with Gasteiger partial charge in [0.2, 0.25) is 11.7 Å². The van der Waals surface area contributed by atoms with Crippen molar-refractivity contribution < 1.29 is 19.4 Å². The Morgan fingerprint density at radius 2 is 1.86 bits per heavy atom. The van der Waals surface area contributed by atoms with Crippen LogP contribution in [0.3, 0.4) is 0 Å². The third kappa shape index (κ3) is 5.79. The molecule has 2 N–H and O–H groups in total. The SMILES string of the molecule is CC1CCC(C(=O)N(c2nn(-c3ccc(/C=C\c4ccn[nH]4)cc3)cc2OC(=O)O)C(C)C)CC1. The minimum atomic E-state index is -1.45. The highest BCUT2D eigenvalue weighted by Crippen LogP contribution is 2.35. The van der Waals surface area contributed by atoms with Gasteiger partial charge >= 0.3 is 6.16 Å². The number of rotatable bonds is 7. The summed E-state index contributed by atoms with van der Waals surface area (Å²) < 4.78 is 6.60. The van der Waals surface area contributed by atoms with Crippen LogP contribution in [0.4, 0.5) is 10.6 Å². The van der Waals surface area contributed by atoms with Gasteiger partial charge in [-0.25, -0.2) is 9.48 Å². The average Bonchev–Trinajstić information content (AvgIpc) is 3.49. The Bertz CT molecular complexity index is 1170. The van der Waals surface area contributed by atoms with Crippen molar-refractivity contribution in [1.82, 2.24) is 20.0 Å². The normalized spacial score (nSPS) is 18.2. The summed E-state index contributed by atoms with van der Waals surface area (Å²) in [6.45, 7) is 6.00. The van der Waals surface area contributed by atoms with Crippen LogP contribution in [0.15, 0.2) is 42.7 Å². The smallest absolute Gasteiger partial charge is 0.449 e. The number of carboxylic acid groups (broad SMARTS) is 1. The molecule has 0 aliphatic heterocycles. The van der Waals surface area contributed by atoms with Crippen molar-refractivity contribution in [2.75, 3.05) is 4.90 Å². The Morgan fingerprint density at radius 1 is 1.14 bits per heavy atom. The second-order valence-electron chi connectivity index (χ2n) is 9.33. The third-order valence-electron chi connectivity index (χ3n) is 6.34. The van der Waals surface area contributed by atoms with E-state index in [0.717, 1.165) is 36.9 Å². The average molecular weight is 478 g/mol. The molecule has 1 amide bonds. The van der Waals surface area contributed by atoms with Gasteiger partial charge < -0.3 is 9.84 Å². The Labute approximate surface area is 204 Å². The maximum Gasteiger partial charge on any atom is 0.511 e. The number of benzene rings is 1. The summed E-state index contributed by atoms with van der Waals surface area (Å²) in [5, 5.41) is 20.7. The molecule has 184 valence electrons. The fourth-order valence-electron chi connectivity index (χ4n) is 4.41. The lowest BCUT2D eigenvalue weighted by Crippen LogP contribution is -2.42. The lowest BCUT2D eigenvalue weighted by molar-refractivity contribution is -0.124. The van der Waals surface area contributed by atoms with Crippen LogP contribution in [0, 0.1) is 11.8 Å². The number of ether oxygens (including phenoxy) is 1. The number of aromatic nitrogens is 4. The van der Waals surface area contributed by atoms with E-state index < -0.39 is 6.16 Å². The molecule has 0 bridgehead atoms. The molecule has 0 spiro atoms. The van der Waals surface area contributed by atoms with Gasteiger partial charge in [-0.05, 0) is 75.3 Å². The molecule has 1 saturated carbocycles. The van der Waals surface area contributed by atoms with Crippen LogP contribution < -0.4 is 9.64 Å². The quantitative estimate of drug-likeness (QED) is 0.441. The first kappa shape index (κ1) is 24.3. The fraction of sp³-hybridized carbons (Fsp3) is 0.385. The standard InChI is InChI=1S/C26H31N5O4/c1-17(2)31(25(32)20-9-4-18(3)5-10-20)24-23(35-26(33)34)16-30(29-24)22-12-7-19(8-13-22)6-11-21-14-15-27-28-21/h6-8,11-18,20H,4-5,9-10H2,1-3H3,(H,27,28)(H,33,34)/b11-6-. The molecule has 0 unspecified atom stereocenters. The van der Waals surface area contributed by atoms with E-state index in [1.165, 1.54) is 6.20 Å². The maximum atomic E-state index is 13.5. The Balaban J connectivity index is 1.62. The number of nitrogens with zero attached hydrogens (tertiary/aromatic N) is 4. The molecule has 9 nitrogen and oxygen atoms in total. The van der Waals surface area contributed by atoms with Crippen molar-refractivity contribution >= 4 is 30.0 Å². The second kappa shape index (κ2) is 10.6. The number of H-pyrrole nitrogens is 1. The number of aromatic amines is 1. The number of anilines is 1. The van der Waals surface area contributed by atoms with Crippen LogP contribution in [-0.2, 0) is 4.79 Å². The summed E-state index contributed by atoms with van der Waals surface area (Å²) in [6.07, 6.45) is 9.29. The first-order valence-corrected chi connectivity index (χ1v) is 11.9. The van der Waals surface area contributed by atoms with Crippen molar-refractivity contribution in [2.24, 2.45) is 11.8 Å². The van der Waals surface area contributed by atoms with Gasteiger partial charge in [0.05, 0.1) is 17.6 Å². The minimum Gasteiger partial charge on any atom is -0.449 e. The van der Waals surface area contributed by atoms with Crippen molar-refractivity contribution in [1.29, 1.82) is 0 Å². The van der Waals surface area contributed by atoms with Crippen molar-refractivity contribution in [2.45, 2.75) is 52.5 Å². The van der Waals surface area contributed by atoms with Crippen LogP contribution in [0.5, 0.6) is 5.75 Å². The first-order valence-electron chi connectivity index (χ1n) is 11.9. The number of carbonyl (C=O) groups excluding carboxylic acids is 1. The molecule has 1 aliphatic carbocycles. The topological polar surface area (TPSA) is 113 Å². The van der Waals surface area contributed by atoms with Crippen LogP contribution in [0.2, 0.25) is 0 Å². The summed E-state index contributed by atoms with van der Waals surface area (Å²) in [6, 6.07) is 9.26. The molecule has 4 rings (SSSR count). The molecule has 1 fully saturated rings. The van der Waals surface area contributed by atoms with E-state index >= 15 is 0 Å². The van der Waals surface area contributed by atoms with Gasteiger partial charge in [0, 0.05) is 18.2 Å². The van der Waals surface area contributed by atoms with E-state index in [9.17, 15) is 14.7 Å². The van der Waals surface area contributed by atoms with E-state index in [1.54, 1.807) is 15.8 Å². The van der Waals surface area contributed by atoms with Crippen molar-refractivity contribution in [3.05, 3.63) is 54.0 Å². The highest BCUT2D eigenvalue weighted by Gasteiger charge is 2.34. The zero-order valence-corrected chi connectivity index (χ0v) is 20.2. The minimum absolute atomic E-state index is 0.0342. The third-order valence-corrected chi connectivity index (χ3v) is 6.34. The van der Waals surface area contributed by atoms with E-state index in [2.05, 4.69) is 22.2 Å². The summed E-state index contributed by atoms with van der Waals surface area (Å²) in [7, 11) is 0. The highest BCUT2D eigenvalue weighted by molar-refractivity contribution is 5.96. The molecule has 9 heteroatoms. The molecule has 1 aromatic carbocycles. The summed E-state index contributed by atoms with van der Waals surface area (Å²) >= 11 is 0. The molecular weight excluding hydrogens is 446 g/mol. The molecule has 0 saturated heterocycles. The number of hydrogen-bond acceptors (Lipinski definition) is 5. The predicted octanol–water partition coefficient (Wildman–Crippen LogP) is 5.39. The van der Waals surface area contributed by atoms with E-state index in [1.807, 2.05) is 56.3 Å². The Hall–Kier alpha value is -3.88. The maximum absolute atomic E-state index is 13.5. The summed E-state index contributed by atoms with van der Waals surface area (Å²) in [5.74, 6) is 0.735. The fourth-order valence-corrected chi connectivity index (χ4v) is 4.41. The molecule has 3 aromatic rings. The molecule has 0 atom stereocenters. The lowest BCUT2D eigenvalue weighted by atomic mass is 9.82. The van der Waals surface area contributed by atoms with Crippen LogP contribution in [-0.4, -0.2) is 43.2 Å². The van der Waals surface area contributed by atoms with Gasteiger partial charge in [-0.1, -0.05) is 25.1 Å². The summed E-state index contributed by atoms with van der Waals surface area (Å²) in [4.78, 5) is 26.5. The molecule has 0 radical (unpaired) electrons. The molecule has 2 aromatic heterocycles. The first-order chi connectivity index (χ1) is 16.8. The van der Waals surface area contributed by atoms with Gasteiger partial charge in [0.15, 0.2) is 5.75 Å². The monoisotopic (exact) mass is 477 g/mol. The van der Waals surface area contributed by atoms with Crippen molar-refractivity contribution in [3.63, 3.8) is 0 Å². The van der Waals surface area contributed by atoms with Crippen LogP contribution in [0.25, 0.3) is 17.8 Å². The van der Waals surface area contributed by atoms with Gasteiger partial charge in [-0.3, -0.25) is 14.8 Å². The van der Waals surface area contributed by atoms with E-state index in [4.69, 9.17) is 4.74 Å². The predicted molar refractivity (Wildman–Crippen MR) is 133 cm³/mol. The highest BCUT2D eigenvalue weighted by atomic mass is 16.7. The number of amides is 1. The largest absolute Gasteiger partial charge is 0.511 e. The molecule has 35 heavy (non-hydrogen) atoms.